The molecular formula is C12H18O5. The molecule has 0 N–H and O–H groups in total. The second-order valence-electron chi connectivity index (χ2n) is 6.09. The van der Waals surface area contributed by atoms with Gasteiger partial charge in [-0.05, 0) is 0 Å². The molecule has 2 aliphatic heterocycles. The van der Waals surface area contributed by atoms with Crippen LogP contribution in [-0.2, 0) is 23.8 Å². The van der Waals surface area contributed by atoms with Crippen molar-refractivity contribution < 1.29 is 23.8 Å². The first-order chi connectivity index (χ1) is 7.74. The maximum Gasteiger partial charge on any atom is 0.336 e. The molecule has 96 valence electrons. The summed E-state index contributed by atoms with van der Waals surface area (Å²) in [6.07, 6.45) is -1.39. The lowest BCUT2D eigenvalue weighted by Crippen LogP contribution is -2.42. The summed E-state index contributed by atoms with van der Waals surface area (Å²) in [5.41, 5.74) is -0.813. The van der Waals surface area contributed by atoms with Gasteiger partial charge in [0.05, 0.1) is 13.2 Å². The second-order valence-corrected chi connectivity index (χ2v) is 6.09. The van der Waals surface area contributed by atoms with Crippen LogP contribution in [0.5, 0.6) is 0 Å². The van der Waals surface area contributed by atoms with Crippen LogP contribution in [0.15, 0.2) is 0 Å². The Hall–Kier alpha value is -1.10. The topological polar surface area (TPSA) is 61.8 Å². The monoisotopic (exact) mass is 242 g/mol. The summed E-state index contributed by atoms with van der Waals surface area (Å²) in [5.74, 6) is -0.795. The van der Waals surface area contributed by atoms with Gasteiger partial charge in [-0.25, -0.2) is 9.59 Å². The third kappa shape index (κ3) is 2.04. The van der Waals surface area contributed by atoms with E-state index >= 15 is 0 Å². The van der Waals surface area contributed by atoms with Crippen molar-refractivity contribution in [2.45, 2.75) is 39.9 Å². The van der Waals surface area contributed by atoms with Crippen molar-refractivity contribution in [1.29, 1.82) is 0 Å². The molecule has 0 aromatic rings. The van der Waals surface area contributed by atoms with E-state index < -0.39 is 35.0 Å². The molecule has 0 bridgehead atoms. The van der Waals surface area contributed by atoms with Gasteiger partial charge in [-0.1, -0.05) is 27.7 Å². The van der Waals surface area contributed by atoms with E-state index in [-0.39, 0.29) is 0 Å². The molecule has 2 atom stereocenters. The van der Waals surface area contributed by atoms with Crippen molar-refractivity contribution in [2.75, 3.05) is 13.2 Å². The van der Waals surface area contributed by atoms with Crippen LogP contribution in [0.2, 0.25) is 0 Å². The fraction of sp³-hybridized carbons (Fsp3) is 0.833. The molecule has 5 nitrogen and oxygen atoms in total. The Morgan fingerprint density at radius 1 is 0.941 bits per heavy atom. The predicted molar refractivity (Wildman–Crippen MR) is 58.1 cm³/mol. The zero-order valence-electron chi connectivity index (χ0n) is 10.6. The van der Waals surface area contributed by atoms with E-state index in [1.165, 1.54) is 0 Å². The van der Waals surface area contributed by atoms with Crippen LogP contribution in [0.3, 0.4) is 0 Å². The number of esters is 2. The van der Waals surface area contributed by atoms with Crippen molar-refractivity contribution in [3.63, 3.8) is 0 Å². The van der Waals surface area contributed by atoms with E-state index in [1.54, 1.807) is 0 Å². The van der Waals surface area contributed by atoms with Crippen LogP contribution in [0, 0.1) is 10.8 Å². The predicted octanol–water partition coefficient (Wildman–Crippen LogP) is 0.906. The lowest BCUT2D eigenvalue weighted by Gasteiger charge is -2.28. The zero-order valence-corrected chi connectivity index (χ0v) is 10.6. The molecule has 0 aliphatic carbocycles. The average Bonchev–Trinajstić information content (AvgIpc) is 2.61. The highest BCUT2D eigenvalue weighted by Crippen LogP contribution is 2.37. The smallest absolute Gasteiger partial charge is 0.336 e. The molecule has 0 radical (unpaired) electrons. The molecule has 2 unspecified atom stereocenters. The van der Waals surface area contributed by atoms with E-state index in [1.807, 2.05) is 27.7 Å². The van der Waals surface area contributed by atoms with Gasteiger partial charge in [0.25, 0.3) is 0 Å². The van der Waals surface area contributed by atoms with Crippen LogP contribution in [-0.4, -0.2) is 37.4 Å². The lowest BCUT2D eigenvalue weighted by atomic mass is 9.87. The maximum absolute atomic E-state index is 11.6. The molecule has 2 saturated heterocycles. The molecule has 0 amide bonds. The normalized spacial score (nSPS) is 34.6. The maximum atomic E-state index is 11.6. The number of carbonyl (C=O) groups is 2. The molecule has 2 rings (SSSR count). The van der Waals surface area contributed by atoms with E-state index in [4.69, 9.17) is 14.2 Å². The number of hydrogen-bond acceptors (Lipinski definition) is 5. The van der Waals surface area contributed by atoms with Gasteiger partial charge in [-0.15, -0.1) is 0 Å². The molecule has 2 heterocycles. The minimum Gasteiger partial charge on any atom is -0.463 e. The summed E-state index contributed by atoms with van der Waals surface area (Å²) in [7, 11) is 0. The van der Waals surface area contributed by atoms with Crippen molar-refractivity contribution in [3.8, 4) is 0 Å². The highest BCUT2D eigenvalue weighted by atomic mass is 16.6. The first-order valence-electron chi connectivity index (χ1n) is 5.73. The van der Waals surface area contributed by atoms with E-state index in [0.717, 1.165) is 0 Å². The van der Waals surface area contributed by atoms with Crippen LogP contribution < -0.4 is 0 Å². The van der Waals surface area contributed by atoms with E-state index in [2.05, 4.69) is 0 Å². The molecule has 2 aliphatic rings. The second kappa shape index (κ2) is 3.70. The van der Waals surface area contributed by atoms with Gasteiger partial charge in [0.2, 0.25) is 0 Å². The summed E-state index contributed by atoms with van der Waals surface area (Å²) >= 11 is 0. The SMILES string of the molecule is CC1(C)COC(=O)C1OC1C(=O)OCC1(C)C. The molecule has 2 fully saturated rings. The molecule has 0 aromatic carbocycles. The summed E-state index contributed by atoms with van der Waals surface area (Å²) in [4.78, 5) is 23.2. The van der Waals surface area contributed by atoms with Crippen molar-refractivity contribution >= 4 is 11.9 Å². The Kier molecular flexibility index (Phi) is 2.69. The van der Waals surface area contributed by atoms with Gasteiger partial charge >= 0.3 is 11.9 Å². The number of cyclic esters (lactones) is 2. The van der Waals surface area contributed by atoms with Gasteiger partial charge in [0.15, 0.2) is 12.2 Å². The quantitative estimate of drug-likeness (QED) is 0.673. The number of hydrogen-bond donors (Lipinski definition) is 0. The largest absolute Gasteiger partial charge is 0.463 e. The molecular weight excluding hydrogens is 224 g/mol. The van der Waals surface area contributed by atoms with Crippen LogP contribution in [0.4, 0.5) is 0 Å². The summed E-state index contributed by atoms with van der Waals surface area (Å²) < 4.78 is 15.6. The van der Waals surface area contributed by atoms with Crippen molar-refractivity contribution in [3.05, 3.63) is 0 Å². The third-order valence-corrected chi connectivity index (χ3v) is 3.29. The highest BCUT2D eigenvalue weighted by molar-refractivity contribution is 5.81. The molecule has 0 saturated carbocycles. The standard InChI is InChI=1S/C12H18O5/c1-11(2)5-15-9(13)7(11)17-8-10(14)16-6-12(8,3)4/h7-8H,5-6H2,1-4H3. The van der Waals surface area contributed by atoms with Crippen molar-refractivity contribution in [1.82, 2.24) is 0 Å². The molecule has 5 heteroatoms. The third-order valence-electron chi connectivity index (χ3n) is 3.29. The van der Waals surface area contributed by atoms with Crippen LogP contribution >= 0.6 is 0 Å². The van der Waals surface area contributed by atoms with E-state index in [0.29, 0.717) is 13.2 Å². The van der Waals surface area contributed by atoms with Gasteiger partial charge in [0, 0.05) is 10.8 Å². The van der Waals surface area contributed by atoms with E-state index in [9.17, 15) is 9.59 Å². The number of carbonyl (C=O) groups excluding carboxylic acids is 2. The van der Waals surface area contributed by atoms with Gasteiger partial charge in [-0.2, -0.15) is 0 Å². The number of rotatable bonds is 2. The lowest BCUT2D eigenvalue weighted by molar-refractivity contribution is -0.163. The summed E-state index contributed by atoms with van der Waals surface area (Å²) in [6, 6.07) is 0. The van der Waals surface area contributed by atoms with Gasteiger partial charge < -0.3 is 14.2 Å². The average molecular weight is 242 g/mol. The molecule has 0 aromatic heterocycles. The van der Waals surface area contributed by atoms with Crippen molar-refractivity contribution in [2.24, 2.45) is 10.8 Å². The fourth-order valence-electron chi connectivity index (χ4n) is 2.07. The van der Waals surface area contributed by atoms with Gasteiger partial charge in [0.1, 0.15) is 0 Å². The van der Waals surface area contributed by atoms with Crippen LogP contribution in [0.25, 0.3) is 0 Å². The van der Waals surface area contributed by atoms with Crippen LogP contribution in [0.1, 0.15) is 27.7 Å². The Labute approximate surface area is 100 Å². The Balaban J connectivity index is 2.15. The fourth-order valence-corrected chi connectivity index (χ4v) is 2.07. The van der Waals surface area contributed by atoms with Gasteiger partial charge in [-0.3, -0.25) is 0 Å². The summed E-state index contributed by atoms with van der Waals surface area (Å²) in [5, 5.41) is 0. The minimum atomic E-state index is -0.697. The Morgan fingerprint density at radius 3 is 1.53 bits per heavy atom. The Bertz CT molecular complexity index is 324. The summed E-state index contributed by atoms with van der Waals surface area (Å²) in [6.45, 7) is 8.18. The molecule has 17 heavy (non-hydrogen) atoms. The highest BCUT2D eigenvalue weighted by Gasteiger charge is 2.52. The molecule has 0 spiro atoms. The minimum absolute atomic E-state index is 0.318. The zero-order chi connectivity index (χ0) is 12.8. The first kappa shape index (κ1) is 12.4. The number of ether oxygens (including phenoxy) is 3. The Morgan fingerprint density at radius 2 is 1.29 bits per heavy atom. The first-order valence-corrected chi connectivity index (χ1v) is 5.73.